The minimum absolute atomic E-state index is 0.173. The van der Waals surface area contributed by atoms with E-state index in [2.05, 4.69) is 5.10 Å². The molecule has 170 valence electrons. The number of nitrogens with zero attached hydrogens (tertiary/aromatic N) is 3. The fourth-order valence-electron chi connectivity index (χ4n) is 3.71. The molecule has 0 saturated heterocycles. The van der Waals surface area contributed by atoms with E-state index in [0.29, 0.717) is 41.9 Å². The number of sulfone groups is 1. The van der Waals surface area contributed by atoms with E-state index in [4.69, 9.17) is 4.74 Å². The molecule has 1 aromatic carbocycles. The third-order valence-electron chi connectivity index (χ3n) is 5.43. The number of hydrogen-bond donors (Lipinski definition) is 0. The topological polar surface area (TPSA) is 98.6 Å². The highest BCUT2D eigenvalue weighted by atomic mass is 32.2. The van der Waals surface area contributed by atoms with Gasteiger partial charge in [-0.15, -0.1) is 0 Å². The van der Waals surface area contributed by atoms with Crippen LogP contribution >= 0.6 is 0 Å². The average Bonchev–Trinajstić information content (AvgIpc) is 3.11. The molecule has 1 heterocycles. The summed E-state index contributed by atoms with van der Waals surface area (Å²) in [6.07, 6.45) is 2.59. The number of ketones is 1. The lowest BCUT2D eigenvalue weighted by molar-refractivity contribution is -0.133. The molecular weight excluding hydrogens is 418 g/mol. The van der Waals surface area contributed by atoms with Crippen LogP contribution in [0.2, 0.25) is 0 Å². The molecular formula is C22H31N3O5S. The highest BCUT2D eigenvalue weighted by Gasteiger charge is 2.26. The Kier molecular flexibility index (Phi) is 7.64. The maximum atomic E-state index is 13.4. The minimum Gasteiger partial charge on any atom is -0.467 e. The lowest BCUT2D eigenvalue weighted by Gasteiger charge is -2.19. The van der Waals surface area contributed by atoms with Crippen LogP contribution in [0.15, 0.2) is 17.2 Å². The van der Waals surface area contributed by atoms with E-state index in [9.17, 15) is 18.0 Å². The Morgan fingerprint density at radius 1 is 1.06 bits per heavy atom. The summed E-state index contributed by atoms with van der Waals surface area (Å²) in [5, 5.41) is 4.23. The number of benzene rings is 1. The van der Waals surface area contributed by atoms with Crippen molar-refractivity contribution in [1.82, 2.24) is 14.7 Å². The van der Waals surface area contributed by atoms with Gasteiger partial charge in [-0.2, -0.15) is 5.10 Å². The lowest BCUT2D eigenvalue weighted by atomic mass is 9.95. The maximum absolute atomic E-state index is 13.4. The fraction of sp³-hybridized carbons (Fsp3) is 0.500. The molecule has 1 aromatic heterocycles. The van der Waals surface area contributed by atoms with Crippen molar-refractivity contribution < 1.29 is 22.7 Å². The number of carbonyl (C=O) groups is 2. The summed E-state index contributed by atoms with van der Waals surface area (Å²) in [5.74, 6) is -0.267. The van der Waals surface area contributed by atoms with Gasteiger partial charge in [0.1, 0.15) is 5.56 Å². The fourth-order valence-corrected chi connectivity index (χ4v) is 5.07. The zero-order valence-electron chi connectivity index (χ0n) is 19.3. The summed E-state index contributed by atoms with van der Waals surface area (Å²) in [4.78, 5) is 27.6. The molecule has 9 heteroatoms. The quantitative estimate of drug-likeness (QED) is 0.546. The molecule has 2 rings (SSSR count). The van der Waals surface area contributed by atoms with Crippen LogP contribution in [0.25, 0.3) is 0 Å². The Bertz CT molecular complexity index is 1100. The van der Waals surface area contributed by atoms with Gasteiger partial charge in [-0.1, -0.05) is 0 Å². The first-order chi connectivity index (χ1) is 14.5. The third-order valence-corrected chi connectivity index (χ3v) is 6.79. The Morgan fingerprint density at radius 2 is 1.68 bits per heavy atom. The first-order valence-corrected chi connectivity index (χ1v) is 12.2. The monoisotopic (exact) mass is 449 g/mol. The number of amides is 1. The number of rotatable bonds is 9. The Labute approximate surface area is 184 Å². The van der Waals surface area contributed by atoms with E-state index in [1.165, 1.54) is 10.9 Å². The van der Waals surface area contributed by atoms with Crippen molar-refractivity contribution in [2.45, 2.75) is 53.0 Å². The van der Waals surface area contributed by atoms with Crippen LogP contribution in [0.1, 0.15) is 53.4 Å². The molecule has 0 radical (unpaired) electrons. The molecule has 8 nitrogen and oxygen atoms in total. The van der Waals surface area contributed by atoms with Crippen LogP contribution in [-0.2, 0) is 21.2 Å². The Balaban J connectivity index is 2.48. The highest BCUT2D eigenvalue weighted by Crippen LogP contribution is 2.30. The Morgan fingerprint density at radius 3 is 2.19 bits per heavy atom. The molecule has 0 atom stereocenters. The smallest absolute Gasteiger partial charge is 0.260 e. The van der Waals surface area contributed by atoms with Gasteiger partial charge in [0.2, 0.25) is 5.88 Å². The second kappa shape index (κ2) is 9.64. The second-order valence-electron chi connectivity index (χ2n) is 7.46. The molecule has 1 amide bonds. The van der Waals surface area contributed by atoms with Gasteiger partial charge in [0.15, 0.2) is 22.2 Å². The van der Waals surface area contributed by atoms with Gasteiger partial charge >= 0.3 is 0 Å². The zero-order valence-corrected chi connectivity index (χ0v) is 20.1. The summed E-state index contributed by atoms with van der Waals surface area (Å²) >= 11 is 0. The number of likely N-dealkylation sites (N-methyl/N-ethyl adjacent to an activating group) is 1. The van der Waals surface area contributed by atoms with E-state index in [0.717, 1.165) is 6.26 Å². The van der Waals surface area contributed by atoms with Gasteiger partial charge in [0.05, 0.1) is 11.1 Å². The number of aryl methyl sites for hydroxylation is 2. The molecule has 0 fully saturated rings. The van der Waals surface area contributed by atoms with Crippen molar-refractivity contribution in [2.24, 2.45) is 0 Å². The van der Waals surface area contributed by atoms with E-state index >= 15 is 0 Å². The minimum atomic E-state index is -3.43. The van der Waals surface area contributed by atoms with Crippen molar-refractivity contribution in [3.8, 4) is 5.88 Å². The van der Waals surface area contributed by atoms with Crippen molar-refractivity contribution in [3.05, 3.63) is 40.1 Å². The molecule has 0 aliphatic carbocycles. The van der Waals surface area contributed by atoms with Gasteiger partial charge in [-0.05, 0) is 64.3 Å². The first kappa shape index (κ1) is 24.6. The number of hydrogen-bond acceptors (Lipinski definition) is 6. The SMILES string of the molecule is CCN(CC)C(=O)COc1c(C(=O)c2cc(C)c(S(C)(=O)=O)c(C)c2C)cnn1CC. The average molecular weight is 450 g/mol. The van der Waals surface area contributed by atoms with Crippen molar-refractivity contribution in [2.75, 3.05) is 26.0 Å². The standard InChI is InChI=1S/C22H31N3O5S/c1-8-24(9-2)19(26)13-30-22-18(12-23-25(22)10-3)20(27)17-11-14(4)21(31(7,28)29)16(6)15(17)5/h11-12H,8-10,13H2,1-7H3. The van der Waals surface area contributed by atoms with Gasteiger partial charge in [0, 0.05) is 31.5 Å². The molecule has 0 aliphatic rings. The zero-order chi connectivity index (χ0) is 23.5. The summed E-state index contributed by atoms with van der Waals surface area (Å²) in [6, 6.07) is 1.59. The maximum Gasteiger partial charge on any atom is 0.260 e. The van der Waals surface area contributed by atoms with Crippen LogP contribution in [0.4, 0.5) is 0 Å². The summed E-state index contributed by atoms with van der Waals surface area (Å²) in [7, 11) is -3.43. The van der Waals surface area contributed by atoms with Crippen molar-refractivity contribution in [3.63, 3.8) is 0 Å². The molecule has 31 heavy (non-hydrogen) atoms. The van der Waals surface area contributed by atoms with E-state index < -0.39 is 9.84 Å². The summed E-state index contributed by atoms with van der Waals surface area (Å²) < 4.78 is 31.6. The van der Waals surface area contributed by atoms with E-state index in [1.807, 2.05) is 20.8 Å². The number of aromatic nitrogens is 2. The largest absolute Gasteiger partial charge is 0.467 e. The number of ether oxygens (including phenoxy) is 1. The van der Waals surface area contributed by atoms with Crippen molar-refractivity contribution >= 4 is 21.5 Å². The van der Waals surface area contributed by atoms with Crippen molar-refractivity contribution in [1.29, 1.82) is 0 Å². The normalized spacial score (nSPS) is 11.5. The molecule has 0 aliphatic heterocycles. The van der Waals surface area contributed by atoms with Gasteiger partial charge in [-0.3, -0.25) is 9.59 Å². The van der Waals surface area contributed by atoms with Crippen LogP contribution in [-0.4, -0.2) is 60.7 Å². The molecule has 2 aromatic rings. The molecule has 0 saturated carbocycles. The third kappa shape index (κ3) is 4.98. The highest BCUT2D eigenvalue weighted by molar-refractivity contribution is 7.90. The summed E-state index contributed by atoms with van der Waals surface area (Å²) in [5.41, 5.74) is 2.27. The molecule has 0 N–H and O–H groups in total. The van der Waals surface area contributed by atoms with Crippen LogP contribution in [0.5, 0.6) is 5.88 Å². The number of carbonyl (C=O) groups excluding carboxylic acids is 2. The van der Waals surface area contributed by atoms with Gasteiger partial charge in [0.25, 0.3) is 5.91 Å². The van der Waals surface area contributed by atoms with Gasteiger partial charge in [-0.25, -0.2) is 13.1 Å². The lowest BCUT2D eigenvalue weighted by Crippen LogP contribution is -2.34. The molecule has 0 bridgehead atoms. The summed E-state index contributed by atoms with van der Waals surface area (Å²) in [6.45, 7) is 12.2. The van der Waals surface area contributed by atoms with Gasteiger partial charge < -0.3 is 9.64 Å². The van der Waals surface area contributed by atoms with E-state index in [1.54, 1.807) is 31.7 Å². The Hall–Kier alpha value is -2.68. The molecule has 0 spiro atoms. The van der Waals surface area contributed by atoms with E-state index in [-0.39, 0.29) is 34.6 Å². The predicted molar refractivity (Wildman–Crippen MR) is 119 cm³/mol. The van der Waals surface area contributed by atoms with Crippen LogP contribution in [0, 0.1) is 20.8 Å². The molecule has 0 unspecified atom stereocenters. The van der Waals surface area contributed by atoms with Crippen LogP contribution in [0.3, 0.4) is 0 Å². The first-order valence-electron chi connectivity index (χ1n) is 10.3. The predicted octanol–water partition coefficient (Wildman–Crippen LogP) is 2.71. The second-order valence-corrected chi connectivity index (χ2v) is 9.41. The van der Waals surface area contributed by atoms with Crippen LogP contribution < -0.4 is 4.74 Å².